The predicted molar refractivity (Wildman–Crippen MR) is 67.1 cm³/mol. The summed E-state index contributed by atoms with van der Waals surface area (Å²) in [4.78, 5) is 26.8. The highest BCUT2D eigenvalue weighted by molar-refractivity contribution is 5.95. The Kier molecular flexibility index (Phi) is 5.51. The summed E-state index contributed by atoms with van der Waals surface area (Å²) in [5.74, 6) is 4.13. The van der Waals surface area contributed by atoms with Crippen LogP contribution in [0.2, 0.25) is 0 Å². The molecule has 0 aliphatic carbocycles. The number of aliphatic hydroxyl groups excluding tert-OH is 1. The number of amides is 1. The largest absolute Gasteiger partial charge is 0.467 e. The van der Waals surface area contributed by atoms with Crippen LogP contribution in [0.5, 0.6) is 0 Å². The Morgan fingerprint density at radius 3 is 2.79 bits per heavy atom. The van der Waals surface area contributed by atoms with Crippen LogP contribution in [0.25, 0.3) is 0 Å². The normalized spacial score (nSPS) is 10.9. The average molecular weight is 262 g/mol. The monoisotopic (exact) mass is 262 g/mol. The number of nitrogens with one attached hydrogen (secondary N) is 1. The van der Waals surface area contributed by atoms with Gasteiger partial charge in [0, 0.05) is 11.8 Å². The number of aliphatic hydroxyl groups is 1. The summed E-state index contributed by atoms with van der Waals surface area (Å²) >= 11 is 0. The first-order valence-electron chi connectivity index (χ1n) is 5.53. The van der Waals surface area contributed by atoms with Gasteiger partial charge in [-0.2, -0.15) is 0 Å². The zero-order valence-electron chi connectivity index (χ0n) is 10.6. The van der Waals surface area contributed by atoms with Gasteiger partial charge in [0.1, 0.15) is 18.3 Å². The van der Waals surface area contributed by atoms with Crippen molar-refractivity contribution in [3.05, 3.63) is 29.6 Å². The van der Waals surface area contributed by atoms with Gasteiger partial charge in [0.15, 0.2) is 0 Å². The van der Waals surface area contributed by atoms with Crippen molar-refractivity contribution in [1.82, 2.24) is 10.3 Å². The molecule has 1 atom stereocenters. The van der Waals surface area contributed by atoms with Crippen LogP contribution in [0.3, 0.4) is 0 Å². The summed E-state index contributed by atoms with van der Waals surface area (Å²) in [5.41, 5.74) is 0.761. The summed E-state index contributed by atoms with van der Waals surface area (Å²) in [5, 5.41) is 11.0. The molecule has 2 N–H and O–H groups in total. The number of esters is 1. The summed E-state index contributed by atoms with van der Waals surface area (Å²) < 4.78 is 4.50. The van der Waals surface area contributed by atoms with E-state index in [1.807, 2.05) is 0 Å². The molecule has 100 valence electrons. The molecular weight excluding hydrogens is 248 g/mol. The van der Waals surface area contributed by atoms with Gasteiger partial charge in [-0.25, -0.2) is 9.78 Å². The molecule has 6 nitrogen and oxygen atoms in total. The van der Waals surface area contributed by atoms with Crippen molar-refractivity contribution in [3.63, 3.8) is 0 Å². The quantitative estimate of drug-likeness (QED) is 0.577. The van der Waals surface area contributed by atoms with Crippen molar-refractivity contribution in [2.24, 2.45) is 0 Å². The second-order valence-corrected chi connectivity index (χ2v) is 3.61. The molecule has 0 aliphatic heterocycles. The molecule has 0 fully saturated rings. The second kappa shape index (κ2) is 7.13. The maximum Gasteiger partial charge on any atom is 0.328 e. The van der Waals surface area contributed by atoms with Gasteiger partial charge in [-0.05, 0) is 19.1 Å². The standard InChI is InChI=1S/C13H14N2O4/c1-9(13(18)19-2)15-12(17)11-6-5-10(8-14-11)4-3-7-16/h5-6,8-9,16H,7H2,1-2H3,(H,15,17). The molecule has 0 spiro atoms. The fourth-order valence-corrected chi connectivity index (χ4v) is 1.25. The minimum atomic E-state index is -0.742. The van der Waals surface area contributed by atoms with Crippen LogP contribution in [0.15, 0.2) is 18.3 Å². The number of methoxy groups -OCH3 is 1. The molecule has 0 bridgehead atoms. The number of nitrogens with zero attached hydrogens (tertiary/aromatic N) is 1. The molecule has 0 saturated carbocycles. The van der Waals surface area contributed by atoms with Crippen LogP contribution in [0.1, 0.15) is 23.0 Å². The van der Waals surface area contributed by atoms with E-state index in [0.29, 0.717) is 5.56 Å². The third kappa shape index (κ3) is 4.41. The van der Waals surface area contributed by atoms with E-state index in [1.165, 1.54) is 26.3 Å². The van der Waals surface area contributed by atoms with Gasteiger partial charge in [0.25, 0.3) is 5.91 Å². The average Bonchev–Trinajstić information content (AvgIpc) is 2.44. The Morgan fingerprint density at radius 1 is 1.53 bits per heavy atom. The van der Waals surface area contributed by atoms with E-state index < -0.39 is 17.9 Å². The van der Waals surface area contributed by atoms with Crippen molar-refractivity contribution in [1.29, 1.82) is 0 Å². The molecule has 0 radical (unpaired) electrons. The van der Waals surface area contributed by atoms with Crippen LogP contribution in [0.4, 0.5) is 0 Å². The maximum atomic E-state index is 11.7. The SMILES string of the molecule is COC(=O)C(C)NC(=O)c1ccc(C#CCO)cn1. The van der Waals surface area contributed by atoms with E-state index in [2.05, 4.69) is 26.9 Å². The third-order valence-corrected chi connectivity index (χ3v) is 2.21. The molecule has 1 aromatic heterocycles. The van der Waals surface area contributed by atoms with E-state index in [0.717, 1.165) is 0 Å². The van der Waals surface area contributed by atoms with E-state index >= 15 is 0 Å². The minimum absolute atomic E-state index is 0.172. The lowest BCUT2D eigenvalue weighted by Gasteiger charge is -2.10. The van der Waals surface area contributed by atoms with Gasteiger partial charge in [0.05, 0.1) is 7.11 Å². The smallest absolute Gasteiger partial charge is 0.328 e. The molecule has 1 heterocycles. The zero-order valence-corrected chi connectivity index (χ0v) is 10.6. The van der Waals surface area contributed by atoms with Gasteiger partial charge in [0.2, 0.25) is 0 Å². The molecule has 0 saturated heterocycles. The van der Waals surface area contributed by atoms with Gasteiger partial charge >= 0.3 is 5.97 Å². The van der Waals surface area contributed by atoms with Crippen molar-refractivity contribution < 1.29 is 19.4 Å². The first-order valence-corrected chi connectivity index (χ1v) is 5.53. The minimum Gasteiger partial charge on any atom is -0.467 e. The van der Waals surface area contributed by atoms with Crippen molar-refractivity contribution in [2.45, 2.75) is 13.0 Å². The highest BCUT2D eigenvalue weighted by atomic mass is 16.5. The third-order valence-electron chi connectivity index (χ3n) is 2.21. The van der Waals surface area contributed by atoms with Crippen molar-refractivity contribution in [3.8, 4) is 11.8 Å². The molecule has 1 rings (SSSR count). The van der Waals surface area contributed by atoms with E-state index in [9.17, 15) is 9.59 Å². The van der Waals surface area contributed by atoms with Crippen molar-refractivity contribution in [2.75, 3.05) is 13.7 Å². The lowest BCUT2D eigenvalue weighted by Crippen LogP contribution is -2.39. The summed E-state index contributed by atoms with van der Waals surface area (Å²) in [6, 6.07) is 2.35. The Morgan fingerprint density at radius 2 is 2.26 bits per heavy atom. The first-order chi connectivity index (χ1) is 9.08. The molecule has 0 aliphatic rings. The molecule has 1 unspecified atom stereocenters. The molecule has 19 heavy (non-hydrogen) atoms. The summed E-state index contributed by atoms with van der Waals surface area (Å²) in [7, 11) is 1.25. The van der Waals surface area contributed by atoms with Crippen LogP contribution < -0.4 is 5.32 Å². The summed E-state index contributed by atoms with van der Waals surface area (Å²) in [6.45, 7) is 1.28. The molecule has 1 amide bonds. The van der Waals surface area contributed by atoms with E-state index in [4.69, 9.17) is 5.11 Å². The number of pyridine rings is 1. The van der Waals surface area contributed by atoms with Gasteiger partial charge in [-0.1, -0.05) is 11.8 Å². The Bertz CT molecular complexity index is 514. The van der Waals surface area contributed by atoms with E-state index in [1.54, 1.807) is 6.07 Å². The lowest BCUT2D eigenvalue weighted by molar-refractivity contribution is -0.142. The fourth-order valence-electron chi connectivity index (χ4n) is 1.25. The number of carbonyl (C=O) groups is 2. The van der Waals surface area contributed by atoms with Crippen LogP contribution in [0, 0.1) is 11.8 Å². The number of carbonyl (C=O) groups excluding carboxylic acids is 2. The number of hydrogen-bond acceptors (Lipinski definition) is 5. The first kappa shape index (κ1) is 14.7. The zero-order chi connectivity index (χ0) is 14.3. The van der Waals surface area contributed by atoms with Crippen LogP contribution in [-0.2, 0) is 9.53 Å². The predicted octanol–water partition coefficient (Wildman–Crippen LogP) is -0.283. The molecule has 1 aromatic rings. The lowest BCUT2D eigenvalue weighted by atomic mass is 10.2. The Balaban J connectivity index is 2.70. The molecule has 6 heteroatoms. The maximum absolute atomic E-state index is 11.7. The molecular formula is C13H14N2O4. The molecule has 0 aromatic carbocycles. The number of hydrogen-bond donors (Lipinski definition) is 2. The van der Waals surface area contributed by atoms with Crippen LogP contribution in [-0.4, -0.2) is 41.7 Å². The number of ether oxygens (including phenoxy) is 1. The van der Waals surface area contributed by atoms with Gasteiger partial charge < -0.3 is 15.2 Å². The highest BCUT2D eigenvalue weighted by Gasteiger charge is 2.17. The number of aromatic nitrogens is 1. The van der Waals surface area contributed by atoms with Crippen LogP contribution >= 0.6 is 0 Å². The van der Waals surface area contributed by atoms with Crippen molar-refractivity contribution >= 4 is 11.9 Å². The topological polar surface area (TPSA) is 88.5 Å². The van der Waals surface area contributed by atoms with E-state index in [-0.39, 0.29) is 12.3 Å². The highest BCUT2D eigenvalue weighted by Crippen LogP contribution is 2.00. The Labute approximate surface area is 110 Å². The Hall–Kier alpha value is -2.39. The fraction of sp³-hybridized carbons (Fsp3) is 0.308. The summed E-state index contributed by atoms with van der Waals surface area (Å²) in [6.07, 6.45) is 1.42. The van der Waals surface area contributed by atoms with Gasteiger partial charge in [-0.15, -0.1) is 0 Å². The second-order valence-electron chi connectivity index (χ2n) is 3.61. The number of rotatable bonds is 3. The van der Waals surface area contributed by atoms with Gasteiger partial charge in [-0.3, -0.25) is 4.79 Å².